The van der Waals surface area contributed by atoms with E-state index < -0.39 is 5.91 Å². The van der Waals surface area contributed by atoms with Crippen LogP contribution < -0.4 is 5.48 Å². The normalized spacial score (nSPS) is 15.3. The topological polar surface area (TPSA) is 81.0 Å². The summed E-state index contributed by atoms with van der Waals surface area (Å²) in [7, 11) is 0. The number of aliphatic hydroxyl groups excluding tert-OH is 1. The Labute approximate surface area is 188 Å². The minimum Gasteiger partial charge on any atom is -0.395 e. The number of aromatic nitrogens is 1. The molecule has 1 aliphatic heterocycles. The predicted octanol–water partition coefficient (Wildman–Crippen LogP) is 2.27. The molecule has 7 nitrogen and oxygen atoms in total. The van der Waals surface area contributed by atoms with Crippen molar-refractivity contribution in [2.24, 2.45) is 0 Å². The standard InChI is InChI=1S/C25H32N4O3/c1-19-23(18-20-6-8-21(9-7-20)25(31)26-32)22-4-2-3-5-24(22)29(19)15-14-27-10-12-28(13-11-27)16-17-30/h2-9,30,32H,10-18H2,1H3,(H,26,31). The van der Waals surface area contributed by atoms with E-state index in [-0.39, 0.29) is 6.61 Å². The Morgan fingerprint density at radius 3 is 2.25 bits per heavy atom. The Morgan fingerprint density at radius 2 is 1.59 bits per heavy atom. The van der Waals surface area contributed by atoms with Gasteiger partial charge in [0, 0.05) is 68.0 Å². The van der Waals surface area contributed by atoms with Crippen LogP contribution in [0.25, 0.3) is 10.9 Å². The molecule has 4 rings (SSSR count). The second-order valence-electron chi connectivity index (χ2n) is 8.45. The number of rotatable bonds is 8. The van der Waals surface area contributed by atoms with Gasteiger partial charge < -0.3 is 9.67 Å². The van der Waals surface area contributed by atoms with E-state index in [4.69, 9.17) is 10.3 Å². The van der Waals surface area contributed by atoms with Gasteiger partial charge in [-0.25, -0.2) is 5.48 Å². The Balaban J connectivity index is 1.50. The van der Waals surface area contributed by atoms with Gasteiger partial charge in [0.05, 0.1) is 6.61 Å². The summed E-state index contributed by atoms with van der Waals surface area (Å²) in [5.41, 5.74) is 7.10. The molecule has 1 fully saturated rings. The third kappa shape index (κ3) is 4.86. The molecule has 0 unspecified atom stereocenters. The van der Waals surface area contributed by atoms with Crippen molar-refractivity contribution in [2.75, 3.05) is 45.9 Å². The molecular formula is C25H32N4O3. The Hall–Kier alpha value is -2.71. The minimum absolute atomic E-state index is 0.231. The number of nitrogens with one attached hydrogen (secondary N) is 1. The van der Waals surface area contributed by atoms with E-state index in [1.165, 1.54) is 22.2 Å². The van der Waals surface area contributed by atoms with Crippen LogP contribution in [0.15, 0.2) is 48.5 Å². The van der Waals surface area contributed by atoms with Gasteiger partial charge in [-0.15, -0.1) is 0 Å². The fraction of sp³-hybridized carbons (Fsp3) is 0.400. The number of nitrogens with zero attached hydrogens (tertiary/aromatic N) is 3. The van der Waals surface area contributed by atoms with Gasteiger partial charge in [-0.2, -0.15) is 0 Å². The fourth-order valence-electron chi connectivity index (χ4n) is 4.68. The van der Waals surface area contributed by atoms with Crippen molar-refractivity contribution in [1.29, 1.82) is 0 Å². The molecule has 3 aromatic rings. The fourth-order valence-corrected chi connectivity index (χ4v) is 4.68. The number of β-amino-alcohol motifs (C(OH)–C–C–N with tert-alkyl or cyclic N) is 1. The highest BCUT2D eigenvalue weighted by atomic mass is 16.5. The number of hydroxylamine groups is 1. The van der Waals surface area contributed by atoms with Crippen molar-refractivity contribution < 1.29 is 15.1 Å². The van der Waals surface area contributed by atoms with Crippen LogP contribution in [0.3, 0.4) is 0 Å². The molecule has 1 aliphatic rings. The van der Waals surface area contributed by atoms with Crippen LogP contribution in [0.1, 0.15) is 27.2 Å². The van der Waals surface area contributed by atoms with Crippen LogP contribution in [-0.4, -0.2) is 76.5 Å². The van der Waals surface area contributed by atoms with Crippen molar-refractivity contribution in [3.05, 3.63) is 70.9 Å². The molecule has 32 heavy (non-hydrogen) atoms. The molecule has 0 aliphatic carbocycles. The third-order valence-corrected chi connectivity index (χ3v) is 6.58. The van der Waals surface area contributed by atoms with Gasteiger partial charge in [0.2, 0.25) is 0 Å². The largest absolute Gasteiger partial charge is 0.395 e. The van der Waals surface area contributed by atoms with E-state index in [9.17, 15) is 4.79 Å². The summed E-state index contributed by atoms with van der Waals surface area (Å²) in [6, 6.07) is 15.9. The van der Waals surface area contributed by atoms with Crippen molar-refractivity contribution in [1.82, 2.24) is 19.8 Å². The number of piperazine rings is 1. The van der Waals surface area contributed by atoms with Crippen molar-refractivity contribution in [2.45, 2.75) is 19.9 Å². The summed E-state index contributed by atoms with van der Waals surface area (Å²) in [5.74, 6) is -0.499. The molecule has 0 spiro atoms. The van der Waals surface area contributed by atoms with Crippen LogP contribution in [0.5, 0.6) is 0 Å². The van der Waals surface area contributed by atoms with Gasteiger partial charge in [0.25, 0.3) is 5.91 Å². The minimum atomic E-state index is -0.499. The second kappa shape index (κ2) is 10.3. The lowest BCUT2D eigenvalue weighted by molar-refractivity contribution is 0.0706. The Bertz CT molecular complexity index is 1050. The summed E-state index contributed by atoms with van der Waals surface area (Å²) in [6.07, 6.45) is 0.792. The number of carbonyl (C=O) groups excluding carboxylic acids is 1. The van der Waals surface area contributed by atoms with E-state index in [1.807, 2.05) is 12.1 Å². The van der Waals surface area contributed by atoms with Gasteiger partial charge in [-0.1, -0.05) is 30.3 Å². The molecule has 2 heterocycles. The van der Waals surface area contributed by atoms with E-state index in [0.29, 0.717) is 5.56 Å². The molecule has 1 saturated heterocycles. The molecule has 1 amide bonds. The molecule has 1 aromatic heterocycles. The number of para-hydroxylation sites is 1. The molecule has 0 saturated carbocycles. The zero-order chi connectivity index (χ0) is 22.5. The molecular weight excluding hydrogens is 404 g/mol. The molecule has 0 atom stereocenters. The number of hydrogen-bond donors (Lipinski definition) is 3. The highest BCUT2D eigenvalue weighted by Crippen LogP contribution is 2.28. The van der Waals surface area contributed by atoms with E-state index in [2.05, 4.69) is 45.6 Å². The van der Waals surface area contributed by atoms with Crippen LogP contribution in [0.4, 0.5) is 0 Å². The van der Waals surface area contributed by atoms with Gasteiger partial charge in [0.15, 0.2) is 0 Å². The average molecular weight is 437 g/mol. The monoisotopic (exact) mass is 436 g/mol. The van der Waals surface area contributed by atoms with Gasteiger partial charge in [-0.05, 0) is 42.7 Å². The Morgan fingerprint density at radius 1 is 0.938 bits per heavy atom. The lowest BCUT2D eigenvalue weighted by Crippen LogP contribution is -2.47. The highest BCUT2D eigenvalue weighted by Gasteiger charge is 2.18. The smallest absolute Gasteiger partial charge is 0.274 e. The number of carbonyl (C=O) groups is 1. The van der Waals surface area contributed by atoms with Crippen molar-refractivity contribution >= 4 is 16.8 Å². The maximum Gasteiger partial charge on any atom is 0.274 e. The molecule has 0 bridgehead atoms. The molecule has 3 N–H and O–H groups in total. The lowest BCUT2D eigenvalue weighted by atomic mass is 10.0. The zero-order valence-electron chi connectivity index (χ0n) is 18.6. The molecule has 7 heteroatoms. The first kappa shape index (κ1) is 22.5. The zero-order valence-corrected chi connectivity index (χ0v) is 18.6. The summed E-state index contributed by atoms with van der Waals surface area (Å²) in [4.78, 5) is 16.4. The SMILES string of the molecule is Cc1c(Cc2ccc(C(=O)NO)cc2)c2ccccc2n1CCN1CCN(CCO)CC1. The van der Waals surface area contributed by atoms with E-state index >= 15 is 0 Å². The molecule has 2 aromatic carbocycles. The predicted molar refractivity (Wildman–Crippen MR) is 125 cm³/mol. The quantitative estimate of drug-likeness (QED) is 0.373. The van der Waals surface area contributed by atoms with E-state index in [0.717, 1.165) is 57.8 Å². The number of aliphatic hydroxyl groups is 1. The average Bonchev–Trinajstić information content (AvgIpc) is 3.09. The number of amides is 1. The summed E-state index contributed by atoms with van der Waals surface area (Å²) >= 11 is 0. The van der Waals surface area contributed by atoms with Crippen molar-refractivity contribution in [3.8, 4) is 0 Å². The second-order valence-corrected chi connectivity index (χ2v) is 8.45. The number of hydrogen-bond acceptors (Lipinski definition) is 5. The lowest BCUT2D eigenvalue weighted by Gasteiger charge is -2.34. The summed E-state index contributed by atoms with van der Waals surface area (Å²) < 4.78 is 2.43. The van der Waals surface area contributed by atoms with Gasteiger partial charge in [-0.3, -0.25) is 19.8 Å². The first-order chi connectivity index (χ1) is 15.6. The van der Waals surface area contributed by atoms with Crippen LogP contribution in [0.2, 0.25) is 0 Å². The maximum absolute atomic E-state index is 11.6. The van der Waals surface area contributed by atoms with Crippen LogP contribution in [-0.2, 0) is 13.0 Å². The van der Waals surface area contributed by atoms with Gasteiger partial charge in [0.1, 0.15) is 0 Å². The first-order valence-electron chi connectivity index (χ1n) is 11.3. The summed E-state index contributed by atoms with van der Waals surface area (Å²) in [5, 5.41) is 19.2. The van der Waals surface area contributed by atoms with Crippen molar-refractivity contribution in [3.63, 3.8) is 0 Å². The molecule has 170 valence electrons. The third-order valence-electron chi connectivity index (χ3n) is 6.58. The summed E-state index contributed by atoms with van der Waals surface area (Å²) in [6.45, 7) is 9.26. The first-order valence-corrected chi connectivity index (χ1v) is 11.3. The van der Waals surface area contributed by atoms with Gasteiger partial charge >= 0.3 is 0 Å². The maximum atomic E-state index is 11.6. The van der Waals surface area contributed by atoms with Crippen LogP contribution in [0, 0.1) is 6.92 Å². The number of fused-ring (bicyclic) bond motifs is 1. The Kier molecular flexibility index (Phi) is 7.22. The number of benzene rings is 2. The molecule has 0 radical (unpaired) electrons. The highest BCUT2D eigenvalue weighted by molar-refractivity contribution is 5.93. The van der Waals surface area contributed by atoms with Crippen LogP contribution >= 0.6 is 0 Å². The van der Waals surface area contributed by atoms with E-state index in [1.54, 1.807) is 17.6 Å².